The number of amides is 2. The van der Waals surface area contributed by atoms with Crippen molar-refractivity contribution in [2.45, 2.75) is 32.1 Å². The van der Waals surface area contributed by atoms with Crippen LogP contribution in [0.25, 0.3) is 0 Å². The molecule has 1 aliphatic heterocycles. The third-order valence-corrected chi connectivity index (χ3v) is 3.00. The molecule has 14 heavy (non-hydrogen) atoms. The van der Waals surface area contributed by atoms with E-state index in [0.29, 0.717) is 25.5 Å². The van der Waals surface area contributed by atoms with Gasteiger partial charge in [0.05, 0.1) is 6.54 Å². The van der Waals surface area contributed by atoms with Crippen molar-refractivity contribution < 1.29 is 14.3 Å². The summed E-state index contributed by atoms with van der Waals surface area (Å²) in [6.07, 6.45) is 4.77. The fourth-order valence-corrected chi connectivity index (χ4v) is 2.19. The van der Waals surface area contributed by atoms with Crippen LogP contribution in [0.15, 0.2) is 0 Å². The van der Waals surface area contributed by atoms with Gasteiger partial charge in [0.1, 0.15) is 6.61 Å². The number of carbonyl (C=O) groups is 2. The lowest BCUT2D eigenvalue weighted by Crippen LogP contribution is -2.32. The molecule has 2 amide bonds. The molecule has 78 valence electrons. The maximum Gasteiger partial charge on any atom is 0.416 e. The highest BCUT2D eigenvalue weighted by molar-refractivity contribution is 5.93. The first-order valence-electron chi connectivity index (χ1n) is 5.24. The van der Waals surface area contributed by atoms with Crippen LogP contribution in [0, 0.1) is 5.92 Å². The number of hydrogen-bond acceptors (Lipinski definition) is 3. The number of rotatable bonds is 2. The van der Waals surface area contributed by atoms with Gasteiger partial charge >= 0.3 is 6.09 Å². The van der Waals surface area contributed by atoms with E-state index in [1.807, 2.05) is 0 Å². The van der Waals surface area contributed by atoms with Crippen LogP contribution in [-0.4, -0.2) is 30.1 Å². The van der Waals surface area contributed by atoms with Gasteiger partial charge in [-0.15, -0.1) is 0 Å². The topological polar surface area (TPSA) is 46.6 Å². The summed E-state index contributed by atoms with van der Waals surface area (Å²) < 4.78 is 4.72. The highest BCUT2D eigenvalue weighted by Crippen LogP contribution is 2.28. The highest BCUT2D eigenvalue weighted by atomic mass is 16.6. The Morgan fingerprint density at radius 1 is 1.43 bits per heavy atom. The Balaban J connectivity index is 1.85. The monoisotopic (exact) mass is 197 g/mol. The fourth-order valence-electron chi connectivity index (χ4n) is 2.19. The number of cyclic esters (lactones) is 1. The molecule has 0 aromatic rings. The summed E-state index contributed by atoms with van der Waals surface area (Å²) in [5.41, 5.74) is 0. The number of nitrogens with zero attached hydrogens (tertiary/aromatic N) is 1. The summed E-state index contributed by atoms with van der Waals surface area (Å²) in [6, 6.07) is 0. The third-order valence-electron chi connectivity index (χ3n) is 3.00. The van der Waals surface area contributed by atoms with E-state index < -0.39 is 6.09 Å². The van der Waals surface area contributed by atoms with Crippen LogP contribution in [0.2, 0.25) is 0 Å². The van der Waals surface area contributed by atoms with Crippen LogP contribution in [0.5, 0.6) is 0 Å². The number of imide groups is 1. The molecule has 1 heterocycles. The molecular formula is C10H15NO3. The van der Waals surface area contributed by atoms with E-state index in [1.165, 1.54) is 17.7 Å². The van der Waals surface area contributed by atoms with Crippen molar-refractivity contribution in [2.75, 3.05) is 13.2 Å². The molecule has 0 unspecified atom stereocenters. The zero-order valence-electron chi connectivity index (χ0n) is 8.20. The highest BCUT2D eigenvalue weighted by Gasteiger charge is 2.30. The van der Waals surface area contributed by atoms with Crippen LogP contribution in [0.4, 0.5) is 4.79 Å². The van der Waals surface area contributed by atoms with Gasteiger partial charge in [-0.25, -0.2) is 9.69 Å². The van der Waals surface area contributed by atoms with E-state index in [2.05, 4.69) is 0 Å². The van der Waals surface area contributed by atoms with Gasteiger partial charge in [0.25, 0.3) is 0 Å². The van der Waals surface area contributed by atoms with Gasteiger partial charge < -0.3 is 4.74 Å². The minimum Gasteiger partial charge on any atom is -0.447 e. The second-order valence-electron chi connectivity index (χ2n) is 4.01. The first kappa shape index (κ1) is 9.49. The fraction of sp³-hybridized carbons (Fsp3) is 0.800. The van der Waals surface area contributed by atoms with Crippen molar-refractivity contribution in [3.8, 4) is 0 Å². The molecular weight excluding hydrogens is 182 g/mol. The van der Waals surface area contributed by atoms with Gasteiger partial charge in [-0.1, -0.05) is 12.8 Å². The van der Waals surface area contributed by atoms with E-state index in [4.69, 9.17) is 4.74 Å². The summed E-state index contributed by atoms with van der Waals surface area (Å²) in [7, 11) is 0. The molecule has 0 bridgehead atoms. The Morgan fingerprint density at radius 2 is 2.14 bits per heavy atom. The zero-order valence-corrected chi connectivity index (χ0v) is 8.20. The Labute approximate surface area is 83.2 Å². The second-order valence-corrected chi connectivity index (χ2v) is 4.01. The van der Waals surface area contributed by atoms with Crippen molar-refractivity contribution in [1.82, 2.24) is 4.90 Å². The van der Waals surface area contributed by atoms with Crippen LogP contribution in [0.1, 0.15) is 32.1 Å². The molecule has 2 fully saturated rings. The van der Waals surface area contributed by atoms with Gasteiger partial charge in [0.2, 0.25) is 5.91 Å². The summed E-state index contributed by atoms with van der Waals surface area (Å²) in [5.74, 6) is 0.440. The largest absolute Gasteiger partial charge is 0.447 e. The number of ether oxygens (including phenoxy) is 1. The Hall–Kier alpha value is -1.06. The molecule has 1 aliphatic carbocycles. The van der Waals surface area contributed by atoms with Crippen LogP contribution < -0.4 is 0 Å². The van der Waals surface area contributed by atoms with E-state index in [-0.39, 0.29) is 5.91 Å². The predicted octanol–water partition coefficient (Wildman–Crippen LogP) is 1.55. The molecule has 0 aromatic heterocycles. The van der Waals surface area contributed by atoms with Gasteiger partial charge in [0.15, 0.2) is 0 Å². The Bertz CT molecular complexity index is 246. The van der Waals surface area contributed by atoms with E-state index >= 15 is 0 Å². The lowest BCUT2D eigenvalue weighted by molar-refractivity contribution is -0.128. The number of carbonyl (C=O) groups excluding carboxylic acids is 2. The van der Waals surface area contributed by atoms with Gasteiger partial charge in [-0.05, 0) is 18.8 Å². The summed E-state index contributed by atoms with van der Waals surface area (Å²) in [5, 5.41) is 0. The summed E-state index contributed by atoms with van der Waals surface area (Å²) >= 11 is 0. The molecule has 0 N–H and O–H groups in total. The maximum atomic E-state index is 11.6. The molecule has 0 atom stereocenters. The van der Waals surface area contributed by atoms with Crippen LogP contribution in [-0.2, 0) is 9.53 Å². The van der Waals surface area contributed by atoms with Crippen molar-refractivity contribution in [3.63, 3.8) is 0 Å². The summed E-state index contributed by atoms with van der Waals surface area (Å²) in [6.45, 7) is 0.791. The van der Waals surface area contributed by atoms with E-state index in [1.54, 1.807) is 0 Å². The lowest BCUT2D eigenvalue weighted by Gasteiger charge is -2.13. The minimum atomic E-state index is -0.465. The summed E-state index contributed by atoms with van der Waals surface area (Å²) in [4.78, 5) is 23.9. The minimum absolute atomic E-state index is 0.0561. The Morgan fingerprint density at radius 3 is 2.71 bits per heavy atom. The quantitative estimate of drug-likeness (QED) is 0.674. The molecule has 1 saturated heterocycles. The third kappa shape index (κ3) is 1.89. The average molecular weight is 197 g/mol. The SMILES string of the molecule is O=C(CC1CCCC1)N1CCOC1=O. The van der Waals surface area contributed by atoms with E-state index in [0.717, 1.165) is 12.8 Å². The van der Waals surface area contributed by atoms with Crippen LogP contribution >= 0.6 is 0 Å². The molecule has 0 aromatic carbocycles. The molecule has 0 radical (unpaired) electrons. The second kappa shape index (κ2) is 3.98. The van der Waals surface area contributed by atoms with Crippen molar-refractivity contribution in [2.24, 2.45) is 5.92 Å². The molecule has 1 saturated carbocycles. The molecule has 2 aliphatic rings. The number of hydrogen-bond donors (Lipinski definition) is 0. The van der Waals surface area contributed by atoms with Gasteiger partial charge in [-0.2, -0.15) is 0 Å². The smallest absolute Gasteiger partial charge is 0.416 e. The zero-order chi connectivity index (χ0) is 9.97. The van der Waals surface area contributed by atoms with Gasteiger partial charge in [-0.3, -0.25) is 4.79 Å². The molecule has 2 rings (SSSR count). The molecule has 4 heteroatoms. The standard InChI is InChI=1S/C10H15NO3/c12-9(7-8-3-1-2-4-8)11-5-6-14-10(11)13/h8H,1-7H2. The first-order chi connectivity index (χ1) is 6.77. The molecule has 4 nitrogen and oxygen atoms in total. The Kier molecular flexibility index (Phi) is 2.70. The molecule has 0 spiro atoms. The average Bonchev–Trinajstić information content (AvgIpc) is 2.75. The van der Waals surface area contributed by atoms with Crippen molar-refractivity contribution >= 4 is 12.0 Å². The van der Waals surface area contributed by atoms with Crippen molar-refractivity contribution in [1.29, 1.82) is 0 Å². The van der Waals surface area contributed by atoms with Crippen molar-refractivity contribution in [3.05, 3.63) is 0 Å². The normalized spacial score (nSPS) is 22.9. The maximum absolute atomic E-state index is 11.6. The van der Waals surface area contributed by atoms with Crippen LogP contribution in [0.3, 0.4) is 0 Å². The van der Waals surface area contributed by atoms with E-state index in [9.17, 15) is 9.59 Å². The van der Waals surface area contributed by atoms with Gasteiger partial charge in [0, 0.05) is 6.42 Å². The lowest BCUT2D eigenvalue weighted by atomic mass is 10.0. The predicted molar refractivity (Wildman–Crippen MR) is 49.6 cm³/mol. The first-order valence-corrected chi connectivity index (χ1v) is 5.24.